The predicted octanol–water partition coefficient (Wildman–Crippen LogP) is 5.12. The minimum Gasteiger partial charge on any atom is -0.463 e. The molecule has 1 aromatic carbocycles. The molecular weight excluding hydrogens is 501 g/mol. The summed E-state index contributed by atoms with van der Waals surface area (Å²) >= 11 is 4.74. The summed E-state index contributed by atoms with van der Waals surface area (Å²) in [6.45, 7) is -6.87. The van der Waals surface area contributed by atoms with Crippen LogP contribution in [0.1, 0.15) is 18.9 Å². The quantitative estimate of drug-likeness (QED) is 0.175. The van der Waals surface area contributed by atoms with Gasteiger partial charge in [0.05, 0.1) is 12.2 Å². The van der Waals surface area contributed by atoms with Gasteiger partial charge in [0.25, 0.3) is 0 Å². The lowest BCUT2D eigenvalue weighted by Gasteiger charge is -2.30. The van der Waals surface area contributed by atoms with Crippen molar-refractivity contribution >= 4 is 24.5 Å². The third-order valence-electron chi connectivity index (χ3n) is 3.38. The summed E-state index contributed by atoms with van der Waals surface area (Å²) in [6.07, 6.45) is -6.64. The number of hydrogen-bond donors (Lipinski definition) is 0. The molecule has 1 rings (SSSR count). The maximum atomic E-state index is 13.7. The van der Waals surface area contributed by atoms with E-state index in [-0.39, 0.29) is 6.42 Å². The molecule has 0 aliphatic carbocycles. The number of alkyl halides is 7. The number of carbonyl (C=O) groups is 1. The van der Waals surface area contributed by atoms with E-state index in [1.807, 2.05) is 0 Å². The summed E-state index contributed by atoms with van der Waals surface area (Å²) in [7, 11) is 0. The SMILES string of the molecule is CCC(=O)OCCOP(=S)(OCC(F)(F)C(F)(F)C(F)(F)F)Oc1ccc(C#N)c(F)c1. The number of halogens is 8. The Kier molecular flexibility index (Phi) is 9.40. The molecule has 32 heavy (non-hydrogen) atoms. The molecule has 1 aromatic rings. The minimum absolute atomic E-state index is 0.0373. The number of ether oxygens (including phenoxy) is 1. The molecule has 0 spiro atoms. The molecule has 0 saturated heterocycles. The average Bonchev–Trinajstić information content (AvgIpc) is 2.69. The number of esters is 1. The van der Waals surface area contributed by atoms with Gasteiger partial charge >= 0.3 is 30.7 Å². The first-order valence-electron chi connectivity index (χ1n) is 8.35. The summed E-state index contributed by atoms with van der Waals surface area (Å²) in [5, 5.41) is 8.68. The summed E-state index contributed by atoms with van der Waals surface area (Å²) in [5.41, 5.74) is -0.449. The van der Waals surface area contributed by atoms with E-state index < -0.39 is 67.7 Å². The Bertz CT molecular complexity index is 905. The monoisotopic (exact) mass is 515 g/mol. The summed E-state index contributed by atoms with van der Waals surface area (Å²) in [6, 6.07) is 3.85. The molecule has 0 bridgehead atoms. The van der Waals surface area contributed by atoms with Crippen LogP contribution in [-0.2, 0) is 30.4 Å². The zero-order valence-corrected chi connectivity index (χ0v) is 17.6. The summed E-state index contributed by atoms with van der Waals surface area (Å²) in [5.74, 6) is -14.6. The second-order valence-corrected chi connectivity index (χ2v) is 8.68. The van der Waals surface area contributed by atoms with Crippen LogP contribution in [0.5, 0.6) is 5.75 Å². The number of nitrogens with zero attached hydrogens (tertiary/aromatic N) is 1. The fraction of sp³-hybridized carbons (Fsp3) is 0.500. The lowest BCUT2D eigenvalue weighted by atomic mass is 10.2. The molecule has 0 aromatic heterocycles. The topological polar surface area (TPSA) is 77.8 Å². The zero-order chi connectivity index (χ0) is 24.8. The average molecular weight is 515 g/mol. The third-order valence-corrected chi connectivity index (χ3v) is 5.62. The van der Waals surface area contributed by atoms with Crippen LogP contribution in [0.25, 0.3) is 0 Å². The normalized spacial score (nSPS) is 14.4. The fourth-order valence-electron chi connectivity index (χ4n) is 1.73. The molecule has 6 nitrogen and oxygen atoms in total. The lowest BCUT2D eigenvalue weighted by molar-refractivity contribution is -0.358. The van der Waals surface area contributed by atoms with Crippen molar-refractivity contribution < 1.29 is 58.2 Å². The third kappa shape index (κ3) is 7.26. The smallest absolute Gasteiger partial charge is 0.459 e. The fourth-order valence-corrected chi connectivity index (χ4v) is 3.54. The van der Waals surface area contributed by atoms with Gasteiger partial charge in [0.1, 0.15) is 30.8 Å². The molecule has 0 aliphatic rings. The highest BCUT2D eigenvalue weighted by atomic mass is 32.5. The number of benzene rings is 1. The Morgan fingerprint density at radius 1 is 1.12 bits per heavy atom. The van der Waals surface area contributed by atoms with Crippen molar-refractivity contribution in [1.29, 1.82) is 5.26 Å². The predicted molar refractivity (Wildman–Crippen MR) is 95.1 cm³/mol. The van der Waals surface area contributed by atoms with Gasteiger partial charge in [-0.3, -0.25) is 13.8 Å². The van der Waals surface area contributed by atoms with Gasteiger partial charge in [-0.15, -0.1) is 0 Å². The molecule has 0 saturated carbocycles. The molecule has 0 fully saturated rings. The van der Waals surface area contributed by atoms with Crippen molar-refractivity contribution in [3.8, 4) is 11.8 Å². The number of carbonyl (C=O) groups excluding carboxylic acids is 1. The van der Waals surface area contributed by atoms with Gasteiger partial charge in [0, 0.05) is 24.3 Å². The Labute approximate surface area is 181 Å². The van der Waals surface area contributed by atoms with E-state index in [1.165, 1.54) is 13.0 Å². The molecule has 0 amide bonds. The number of rotatable bonds is 11. The van der Waals surface area contributed by atoms with Crippen LogP contribution in [0.2, 0.25) is 0 Å². The number of hydrogen-bond acceptors (Lipinski definition) is 7. The van der Waals surface area contributed by atoms with Crippen molar-refractivity contribution in [2.75, 3.05) is 19.8 Å². The van der Waals surface area contributed by atoms with Gasteiger partial charge in [0.15, 0.2) is 0 Å². The van der Waals surface area contributed by atoms with Gasteiger partial charge in [0.2, 0.25) is 0 Å². The molecular formula is C16H14F8NO5PS. The van der Waals surface area contributed by atoms with Crippen molar-refractivity contribution in [3.05, 3.63) is 29.6 Å². The minimum atomic E-state index is -6.60. The first-order valence-corrected chi connectivity index (χ1v) is 10.9. The number of nitriles is 1. The van der Waals surface area contributed by atoms with E-state index >= 15 is 0 Å². The highest BCUT2D eigenvalue weighted by Crippen LogP contribution is 2.53. The Balaban J connectivity index is 3.06. The van der Waals surface area contributed by atoms with Gasteiger partial charge < -0.3 is 9.26 Å². The van der Waals surface area contributed by atoms with E-state index in [0.29, 0.717) is 6.07 Å². The molecule has 180 valence electrons. The Hall–Kier alpha value is -2.01. The van der Waals surface area contributed by atoms with Crippen molar-refractivity contribution in [2.24, 2.45) is 0 Å². The molecule has 0 aliphatic heterocycles. The van der Waals surface area contributed by atoms with Crippen LogP contribution in [0.4, 0.5) is 35.1 Å². The van der Waals surface area contributed by atoms with Crippen molar-refractivity contribution in [3.63, 3.8) is 0 Å². The van der Waals surface area contributed by atoms with Gasteiger partial charge in [-0.05, 0) is 12.1 Å². The highest BCUT2D eigenvalue weighted by molar-refractivity contribution is 8.07. The second kappa shape index (κ2) is 10.7. The molecule has 0 N–H and O–H groups in total. The van der Waals surface area contributed by atoms with Crippen LogP contribution in [-0.4, -0.2) is 43.8 Å². The van der Waals surface area contributed by atoms with Crippen LogP contribution < -0.4 is 4.52 Å². The van der Waals surface area contributed by atoms with Crippen LogP contribution in [0.15, 0.2) is 18.2 Å². The first-order chi connectivity index (χ1) is 14.6. The molecule has 0 radical (unpaired) electrons. The van der Waals surface area contributed by atoms with Gasteiger partial charge in [-0.25, -0.2) is 4.39 Å². The maximum Gasteiger partial charge on any atom is 0.459 e. The largest absolute Gasteiger partial charge is 0.463 e. The van der Waals surface area contributed by atoms with Gasteiger partial charge in [-0.2, -0.15) is 36.0 Å². The van der Waals surface area contributed by atoms with Crippen LogP contribution in [0, 0.1) is 17.1 Å². The molecule has 16 heteroatoms. The van der Waals surface area contributed by atoms with E-state index in [1.54, 1.807) is 0 Å². The van der Waals surface area contributed by atoms with Gasteiger partial charge in [-0.1, -0.05) is 6.92 Å². The highest BCUT2D eigenvalue weighted by Gasteiger charge is 2.73. The second-order valence-electron chi connectivity index (χ2n) is 5.75. The zero-order valence-electron chi connectivity index (χ0n) is 15.9. The maximum absolute atomic E-state index is 13.7. The van der Waals surface area contributed by atoms with Crippen molar-refractivity contribution in [1.82, 2.24) is 0 Å². The molecule has 1 atom stereocenters. The van der Waals surface area contributed by atoms with Crippen molar-refractivity contribution in [2.45, 2.75) is 31.4 Å². The molecule has 0 heterocycles. The van der Waals surface area contributed by atoms with E-state index in [0.717, 1.165) is 12.1 Å². The lowest BCUT2D eigenvalue weighted by Crippen LogP contribution is -2.54. The first kappa shape index (κ1) is 28.0. The standard InChI is InChI=1S/C16H14F8NO5PS/c1-2-13(26)27-5-6-28-31(32,30-11-4-3-10(8-25)12(17)7-11)29-9-14(18,19)15(20,21)16(22,23)24/h3-4,7H,2,5-6,9H2,1H3. The molecule has 1 unspecified atom stereocenters. The van der Waals surface area contributed by atoms with Crippen LogP contribution >= 0.6 is 6.72 Å². The van der Waals surface area contributed by atoms with E-state index in [9.17, 15) is 39.9 Å². The summed E-state index contributed by atoms with van der Waals surface area (Å²) < 4.78 is 123. The van der Waals surface area contributed by atoms with E-state index in [4.69, 9.17) is 26.1 Å². The summed E-state index contributed by atoms with van der Waals surface area (Å²) in [4.78, 5) is 11.1. The Morgan fingerprint density at radius 3 is 2.25 bits per heavy atom. The van der Waals surface area contributed by atoms with Crippen LogP contribution in [0.3, 0.4) is 0 Å². The van der Waals surface area contributed by atoms with E-state index in [2.05, 4.69) is 9.26 Å². The Morgan fingerprint density at radius 2 is 1.75 bits per heavy atom.